The number of alkyl halides is 3. The Morgan fingerprint density at radius 2 is 1.97 bits per heavy atom. The molecule has 0 atom stereocenters. The molecule has 6 nitrogen and oxygen atoms in total. The topological polar surface area (TPSA) is 75.5 Å². The second kappa shape index (κ2) is 8.75. The van der Waals surface area contributed by atoms with Gasteiger partial charge in [0, 0.05) is 31.7 Å². The highest BCUT2D eigenvalue weighted by molar-refractivity contribution is 7.18. The van der Waals surface area contributed by atoms with Gasteiger partial charge in [0.1, 0.15) is 5.75 Å². The molecule has 3 aromatic rings. The Balaban J connectivity index is 0.000000298. The summed E-state index contributed by atoms with van der Waals surface area (Å²) >= 11 is 1.82. The molecule has 0 radical (unpaired) electrons. The maximum Gasteiger partial charge on any atom is 0.490 e. The van der Waals surface area contributed by atoms with E-state index in [9.17, 15) is 13.2 Å². The first-order valence-corrected chi connectivity index (χ1v) is 9.45. The largest absolute Gasteiger partial charge is 0.495 e. The van der Waals surface area contributed by atoms with Crippen LogP contribution < -0.4 is 4.74 Å². The second-order valence-corrected chi connectivity index (χ2v) is 7.43. The van der Waals surface area contributed by atoms with Gasteiger partial charge in [-0.25, -0.2) is 9.78 Å². The molecule has 0 saturated carbocycles. The lowest BCUT2D eigenvalue weighted by atomic mass is 10.0. The van der Waals surface area contributed by atoms with Crippen molar-refractivity contribution in [2.75, 3.05) is 20.2 Å². The molecule has 154 valence electrons. The Hall–Kier alpha value is -2.72. The van der Waals surface area contributed by atoms with Crippen molar-refractivity contribution in [3.63, 3.8) is 0 Å². The molecule has 0 spiro atoms. The zero-order valence-corrected chi connectivity index (χ0v) is 16.2. The number of hydrogen-bond acceptors (Lipinski definition) is 6. The lowest BCUT2D eigenvalue weighted by Crippen LogP contribution is -2.44. The molecule has 2 aromatic heterocycles. The van der Waals surface area contributed by atoms with Crippen molar-refractivity contribution in [2.24, 2.45) is 0 Å². The number of nitrogens with zero attached hydrogens (tertiary/aromatic N) is 3. The molecule has 3 heterocycles. The average molecular weight is 425 g/mol. The number of likely N-dealkylation sites (tertiary alicyclic amines) is 1. The van der Waals surface area contributed by atoms with Crippen molar-refractivity contribution in [1.29, 1.82) is 0 Å². The number of benzene rings is 1. The summed E-state index contributed by atoms with van der Waals surface area (Å²) in [5.74, 6) is -1.34. The van der Waals surface area contributed by atoms with Gasteiger partial charge in [0.25, 0.3) is 0 Å². The van der Waals surface area contributed by atoms with Crippen molar-refractivity contribution < 1.29 is 27.8 Å². The maximum atomic E-state index is 10.6. The summed E-state index contributed by atoms with van der Waals surface area (Å²) in [6.07, 6.45) is -3.26. The first-order valence-electron chi connectivity index (χ1n) is 8.63. The van der Waals surface area contributed by atoms with Crippen LogP contribution in [0.1, 0.15) is 16.6 Å². The van der Waals surface area contributed by atoms with Gasteiger partial charge < -0.3 is 9.84 Å². The third-order valence-corrected chi connectivity index (χ3v) is 5.50. The molecular weight excluding hydrogens is 407 g/mol. The maximum absolute atomic E-state index is 10.6. The lowest BCUT2D eigenvalue weighted by molar-refractivity contribution is -0.192. The number of thiazole rings is 1. The fourth-order valence-corrected chi connectivity index (χ4v) is 3.91. The molecule has 0 unspecified atom stereocenters. The van der Waals surface area contributed by atoms with Gasteiger partial charge >= 0.3 is 12.1 Å². The number of hydrogen-bond donors (Lipinski definition) is 1. The van der Waals surface area contributed by atoms with Gasteiger partial charge in [-0.15, -0.1) is 11.3 Å². The van der Waals surface area contributed by atoms with Gasteiger partial charge in [0.05, 0.1) is 28.0 Å². The Labute approximate surface area is 168 Å². The number of aromatic nitrogens is 2. The predicted molar refractivity (Wildman–Crippen MR) is 102 cm³/mol. The molecule has 29 heavy (non-hydrogen) atoms. The highest BCUT2D eigenvalue weighted by atomic mass is 32.1. The molecule has 1 aromatic carbocycles. The summed E-state index contributed by atoms with van der Waals surface area (Å²) < 4.78 is 38.4. The fraction of sp³-hybridized carbons (Fsp3) is 0.316. The van der Waals surface area contributed by atoms with Gasteiger partial charge in [-0.2, -0.15) is 13.2 Å². The third-order valence-electron chi connectivity index (χ3n) is 4.30. The van der Waals surface area contributed by atoms with Crippen LogP contribution in [0, 0.1) is 0 Å². The number of pyridine rings is 1. The van der Waals surface area contributed by atoms with Crippen LogP contribution in [0.5, 0.6) is 5.75 Å². The summed E-state index contributed by atoms with van der Waals surface area (Å²) in [5, 5.41) is 8.38. The van der Waals surface area contributed by atoms with E-state index in [1.54, 1.807) is 7.11 Å². The first-order chi connectivity index (χ1) is 13.8. The van der Waals surface area contributed by atoms with Crippen molar-refractivity contribution in [2.45, 2.75) is 18.6 Å². The van der Waals surface area contributed by atoms with Crippen LogP contribution in [0.4, 0.5) is 13.2 Å². The van der Waals surface area contributed by atoms with Gasteiger partial charge in [-0.05, 0) is 24.3 Å². The van der Waals surface area contributed by atoms with E-state index in [4.69, 9.17) is 19.6 Å². The van der Waals surface area contributed by atoms with Gasteiger partial charge in [-0.3, -0.25) is 9.88 Å². The summed E-state index contributed by atoms with van der Waals surface area (Å²) in [6, 6.07) is 12.2. The van der Waals surface area contributed by atoms with Crippen LogP contribution in [-0.2, 0) is 11.3 Å². The quantitative estimate of drug-likeness (QED) is 0.683. The number of halogens is 3. The Bertz CT molecular complexity index is 954. The number of carboxylic acid groups (broad SMARTS) is 1. The van der Waals surface area contributed by atoms with Crippen LogP contribution >= 0.6 is 11.3 Å². The molecule has 1 fully saturated rings. The predicted octanol–water partition coefficient (Wildman–Crippen LogP) is 3.93. The van der Waals surface area contributed by atoms with E-state index in [1.807, 2.05) is 35.7 Å². The molecule has 0 amide bonds. The molecule has 1 aliphatic rings. The Kier molecular flexibility index (Phi) is 6.33. The molecule has 1 saturated heterocycles. The van der Waals surface area contributed by atoms with Gasteiger partial charge in [0.2, 0.25) is 0 Å². The monoisotopic (exact) mass is 425 g/mol. The highest BCUT2D eigenvalue weighted by Crippen LogP contribution is 2.34. The Morgan fingerprint density at radius 1 is 1.28 bits per heavy atom. The van der Waals surface area contributed by atoms with E-state index in [2.05, 4.69) is 28.1 Å². The number of carboxylic acids is 1. The second-order valence-electron chi connectivity index (χ2n) is 6.37. The van der Waals surface area contributed by atoms with Crippen LogP contribution in [-0.4, -0.2) is 52.3 Å². The molecule has 0 bridgehead atoms. The zero-order valence-electron chi connectivity index (χ0n) is 15.4. The van der Waals surface area contributed by atoms with Crippen molar-refractivity contribution in [1.82, 2.24) is 14.9 Å². The molecule has 1 N–H and O–H groups in total. The third kappa shape index (κ3) is 5.21. The minimum absolute atomic E-state index is 0.548. The van der Waals surface area contributed by atoms with E-state index in [0.29, 0.717) is 5.92 Å². The lowest BCUT2D eigenvalue weighted by Gasteiger charge is -2.38. The van der Waals surface area contributed by atoms with Crippen LogP contribution in [0.2, 0.25) is 0 Å². The van der Waals surface area contributed by atoms with Crippen LogP contribution in [0.15, 0.2) is 42.6 Å². The SMILES string of the molecule is COc1cccnc1CN1CC(c2nc3ccccc3s2)C1.O=C(O)C(F)(F)F. The van der Waals surface area contributed by atoms with E-state index in [-0.39, 0.29) is 0 Å². The standard InChI is InChI=1S/C17H17N3OS.C2HF3O2/c1-21-15-6-4-8-18-14(15)11-20-9-12(10-20)17-19-13-5-2-3-7-16(13)22-17;3-2(4,5)1(6)7/h2-8,12H,9-11H2,1H3;(H,6,7). The number of rotatable bonds is 4. The molecule has 4 rings (SSSR count). The number of fused-ring (bicyclic) bond motifs is 1. The number of ether oxygens (including phenoxy) is 1. The smallest absolute Gasteiger partial charge is 0.490 e. The van der Waals surface area contributed by atoms with Crippen molar-refractivity contribution in [3.8, 4) is 5.75 Å². The normalized spacial score (nSPS) is 14.8. The summed E-state index contributed by atoms with van der Waals surface area (Å²) in [4.78, 5) is 20.5. The minimum atomic E-state index is -5.08. The molecule has 0 aliphatic carbocycles. The minimum Gasteiger partial charge on any atom is -0.495 e. The number of aliphatic carboxylic acids is 1. The van der Waals surface area contributed by atoms with E-state index in [0.717, 1.165) is 36.6 Å². The summed E-state index contributed by atoms with van der Waals surface area (Å²) in [6.45, 7) is 2.92. The highest BCUT2D eigenvalue weighted by Gasteiger charge is 2.38. The van der Waals surface area contributed by atoms with Gasteiger partial charge in [0.15, 0.2) is 0 Å². The number of carbonyl (C=O) groups is 1. The first kappa shape index (κ1) is 21.0. The van der Waals surface area contributed by atoms with Crippen LogP contribution in [0.3, 0.4) is 0 Å². The van der Waals surface area contributed by atoms with Crippen LogP contribution in [0.25, 0.3) is 10.2 Å². The van der Waals surface area contributed by atoms with E-state index >= 15 is 0 Å². The summed E-state index contributed by atoms with van der Waals surface area (Å²) in [5.41, 5.74) is 2.13. The Morgan fingerprint density at radius 3 is 2.59 bits per heavy atom. The molecular formula is C19H18F3N3O3S. The van der Waals surface area contributed by atoms with Crippen molar-refractivity contribution >= 4 is 27.5 Å². The van der Waals surface area contributed by atoms with Crippen molar-refractivity contribution in [3.05, 3.63) is 53.3 Å². The van der Waals surface area contributed by atoms with E-state index < -0.39 is 12.1 Å². The molecule has 10 heteroatoms. The zero-order chi connectivity index (χ0) is 21.0. The number of para-hydroxylation sites is 1. The average Bonchev–Trinajstić information content (AvgIpc) is 3.07. The molecule has 1 aliphatic heterocycles. The van der Waals surface area contributed by atoms with Gasteiger partial charge in [-0.1, -0.05) is 12.1 Å². The fourth-order valence-electron chi connectivity index (χ4n) is 2.86. The summed E-state index contributed by atoms with van der Waals surface area (Å²) in [7, 11) is 1.69. The van der Waals surface area contributed by atoms with E-state index in [1.165, 1.54) is 9.71 Å². The number of methoxy groups -OCH3 is 1.